The molecule has 2 heterocycles. The number of rotatable bonds is 1. The molecule has 5 heteroatoms. The van der Waals surface area contributed by atoms with Gasteiger partial charge in [-0.2, -0.15) is 10.2 Å². The molecular weight excluding hydrogens is 168 g/mol. The molecule has 0 aromatic carbocycles. The van der Waals surface area contributed by atoms with E-state index >= 15 is 0 Å². The molecule has 5 nitrogen and oxygen atoms in total. The Kier molecular flexibility index (Phi) is 1.94. The highest BCUT2D eigenvalue weighted by Gasteiger charge is 2.28. The maximum atomic E-state index is 11.6. The van der Waals surface area contributed by atoms with Crippen molar-refractivity contribution in [1.82, 2.24) is 15.1 Å². The molecule has 0 atom stereocenters. The van der Waals surface area contributed by atoms with Crippen LogP contribution < -0.4 is 5.73 Å². The molecule has 1 aliphatic rings. The first kappa shape index (κ1) is 8.12. The molecule has 1 aromatic heterocycles. The zero-order valence-electron chi connectivity index (χ0n) is 7.05. The first-order valence-corrected chi connectivity index (χ1v) is 4.09. The predicted octanol–water partition coefficient (Wildman–Crippen LogP) is -0.740. The molecule has 0 bridgehead atoms. The molecule has 1 aromatic rings. The van der Waals surface area contributed by atoms with Gasteiger partial charge in [0.1, 0.15) is 0 Å². The third kappa shape index (κ3) is 1.50. The van der Waals surface area contributed by atoms with Crippen molar-refractivity contribution in [3.63, 3.8) is 0 Å². The minimum absolute atomic E-state index is 0.0170. The maximum Gasteiger partial charge on any atom is 0.255 e. The zero-order valence-corrected chi connectivity index (χ0v) is 7.05. The Morgan fingerprint density at radius 1 is 1.54 bits per heavy atom. The number of amides is 1. The van der Waals surface area contributed by atoms with E-state index in [0.29, 0.717) is 18.7 Å². The van der Waals surface area contributed by atoms with Crippen molar-refractivity contribution in [3.05, 3.63) is 24.0 Å². The van der Waals surface area contributed by atoms with Gasteiger partial charge in [0.25, 0.3) is 5.91 Å². The van der Waals surface area contributed by atoms with Crippen molar-refractivity contribution in [2.24, 2.45) is 5.73 Å². The maximum absolute atomic E-state index is 11.6. The molecule has 2 N–H and O–H groups in total. The van der Waals surface area contributed by atoms with E-state index in [1.54, 1.807) is 11.0 Å². The van der Waals surface area contributed by atoms with Crippen LogP contribution in [-0.2, 0) is 0 Å². The van der Waals surface area contributed by atoms with Gasteiger partial charge in [-0.1, -0.05) is 0 Å². The number of likely N-dealkylation sites (tertiary alicyclic amines) is 1. The van der Waals surface area contributed by atoms with E-state index in [9.17, 15) is 4.79 Å². The Morgan fingerprint density at radius 2 is 2.31 bits per heavy atom. The quantitative estimate of drug-likeness (QED) is 0.614. The fourth-order valence-electron chi connectivity index (χ4n) is 1.28. The average molecular weight is 178 g/mol. The third-order valence-corrected chi connectivity index (χ3v) is 2.03. The van der Waals surface area contributed by atoms with Crippen molar-refractivity contribution in [1.29, 1.82) is 0 Å². The summed E-state index contributed by atoms with van der Waals surface area (Å²) >= 11 is 0. The van der Waals surface area contributed by atoms with Gasteiger partial charge in [-0.15, -0.1) is 0 Å². The number of hydrogen-bond acceptors (Lipinski definition) is 4. The summed E-state index contributed by atoms with van der Waals surface area (Å²) in [6.07, 6.45) is 2.97. The van der Waals surface area contributed by atoms with Crippen LogP contribution >= 0.6 is 0 Å². The van der Waals surface area contributed by atoms with Gasteiger partial charge in [0.2, 0.25) is 0 Å². The molecule has 2 rings (SSSR count). The van der Waals surface area contributed by atoms with Crippen LogP contribution in [0, 0.1) is 0 Å². The van der Waals surface area contributed by atoms with E-state index in [4.69, 9.17) is 5.73 Å². The highest BCUT2D eigenvalue weighted by molar-refractivity contribution is 5.94. The van der Waals surface area contributed by atoms with Crippen molar-refractivity contribution >= 4 is 5.91 Å². The van der Waals surface area contributed by atoms with Crippen molar-refractivity contribution < 1.29 is 4.79 Å². The summed E-state index contributed by atoms with van der Waals surface area (Å²) < 4.78 is 0. The summed E-state index contributed by atoms with van der Waals surface area (Å²) in [5.41, 5.74) is 6.13. The topological polar surface area (TPSA) is 72.1 Å². The van der Waals surface area contributed by atoms with E-state index < -0.39 is 0 Å². The van der Waals surface area contributed by atoms with Crippen LogP contribution in [0.1, 0.15) is 10.4 Å². The lowest BCUT2D eigenvalue weighted by atomic mass is 10.1. The molecule has 0 radical (unpaired) electrons. The van der Waals surface area contributed by atoms with Crippen molar-refractivity contribution in [2.45, 2.75) is 6.04 Å². The fourth-order valence-corrected chi connectivity index (χ4v) is 1.28. The monoisotopic (exact) mass is 178 g/mol. The Balaban J connectivity index is 2.06. The molecule has 1 fully saturated rings. The van der Waals surface area contributed by atoms with Gasteiger partial charge in [0.05, 0.1) is 18.0 Å². The lowest BCUT2D eigenvalue weighted by Gasteiger charge is -2.36. The molecule has 13 heavy (non-hydrogen) atoms. The highest BCUT2D eigenvalue weighted by atomic mass is 16.2. The first-order chi connectivity index (χ1) is 6.27. The molecule has 0 saturated carbocycles. The van der Waals surface area contributed by atoms with Gasteiger partial charge in [0.15, 0.2) is 0 Å². The number of nitrogens with two attached hydrogens (primary N) is 1. The largest absolute Gasteiger partial charge is 0.335 e. The molecule has 0 unspecified atom stereocenters. The van der Waals surface area contributed by atoms with E-state index in [2.05, 4.69) is 10.2 Å². The van der Waals surface area contributed by atoms with Crippen LogP contribution in [0.3, 0.4) is 0 Å². The summed E-state index contributed by atoms with van der Waals surface area (Å²) in [6.45, 7) is 1.28. The zero-order chi connectivity index (χ0) is 9.26. The van der Waals surface area contributed by atoms with E-state index in [-0.39, 0.29) is 11.9 Å². The van der Waals surface area contributed by atoms with E-state index in [1.807, 2.05) is 0 Å². The van der Waals surface area contributed by atoms with E-state index in [1.165, 1.54) is 12.4 Å². The SMILES string of the molecule is NC1CN(C(=O)c2ccnnc2)C1. The summed E-state index contributed by atoms with van der Waals surface area (Å²) in [7, 11) is 0. The average Bonchev–Trinajstić information content (AvgIpc) is 2.13. The lowest BCUT2D eigenvalue weighted by molar-refractivity contribution is 0.0607. The first-order valence-electron chi connectivity index (χ1n) is 4.09. The molecule has 1 saturated heterocycles. The van der Waals surface area contributed by atoms with Gasteiger partial charge in [0, 0.05) is 19.1 Å². The van der Waals surface area contributed by atoms with Gasteiger partial charge in [-0.3, -0.25) is 4.79 Å². The smallest absolute Gasteiger partial charge is 0.255 e. The second kappa shape index (κ2) is 3.10. The van der Waals surface area contributed by atoms with Gasteiger partial charge >= 0.3 is 0 Å². The summed E-state index contributed by atoms with van der Waals surface area (Å²) in [6, 6.07) is 1.79. The molecule has 1 aliphatic heterocycles. The Morgan fingerprint density at radius 3 is 2.85 bits per heavy atom. The van der Waals surface area contributed by atoms with Crippen molar-refractivity contribution in [2.75, 3.05) is 13.1 Å². The minimum Gasteiger partial charge on any atom is -0.335 e. The molecule has 1 amide bonds. The van der Waals surface area contributed by atoms with Crippen LogP contribution in [0.25, 0.3) is 0 Å². The van der Waals surface area contributed by atoms with E-state index in [0.717, 1.165) is 0 Å². The number of carbonyl (C=O) groups excluding carboxylic acids is 1. The molecule has 68 valence electrons. The normalized spacial score (nSPS) is 16.8. The second-order valence-electron chi connectivity index (χ2n) is 3.10. The Labute approximate surface area is 75.6 Å². The summed E-state index contributed by atoms with van der Waals surface area (Å²) in [5, 5.41) is 7.24. The van der Waals surface area contributed by atoms with Gasteiger partial charge in [-0.25, -0.2) is 0 Å². The van der Waals surface area contributed by atoms with Crippen LogP contribution in [-0.4, -0.2) is 40.1 Å². The number of carbonyl (C=O) groups is 1. The number of nitrogens with zero attached hydrogens (tertiary/aromatic N) is 3. The Hall–Kier alpha value is -1.49. The lowest BCUT2D eigenvalue weighted by Crippen LogP contribution is -2.57. The molecular formula is C8H10N4O. The predicted molar refractivity (Wildman–Crippen MR) is 45.9 cm³/mol. The number of aromatic nitrogens is 2. The molecule has 0 spiro atoms. The Bertz CT molecular complexity index is 307. The highest BCUT2D eigenvalue weighted by Crippen LogP contribution is 2.10. The second-order valence-corrected chi connectivity index (χ2v) is 3.10. The number of hydrogen-bond donors (Lipinski definition) is 1. The third-order valence-electron chi connectivity index (χ3n) is 2.03. The summed E-state index contributed by atoms with van der Waals surface area (Å²) in [4.78, 5) is 13.3. The van der Waals surface area contributed by atoms with Gasteiger partial charge < -0.3 is 10.6 Å². The minimum atomic E-state index is -0.0170. The standard InChI is InChI=1S/C8H10N4O/c9-7-4-12(5-7)8(13)6-1-2-10-11-3-6/h1-3,7H,4-5,9H2. The van der Waals surface area contributed by atoms with Crippen LogP contribution in [0.15, 0.2) is 18.5 Å². The molecule has 0 aliphatic carbocycles. The van der Waals surface area contributed by atoms with Crippen LogP contribution in [0.5, 0.6) is 0 Å². The van der Waals surface area contributed by atoms with Crippen LogP contribution in [0.2, 0.25) is 0 Å². The van der Waals surface area contributed by atoms with Gasteiger partial charge in [-0.05, 0) is 6.07 Å². The van der Waals surface area contributed by atoms with Crippen molar-refractivity contribution in [3.8, 4) is 0 Å². The fraction of sp³-hybridized carbons (Fsp3) is 0.375. The summed E-state index contributed by atoms with van der Waals surface area (Å²) in [5.74, 6) is -0.0170. The van der Waals surface area contributed by atoms with Crippen LogP contribution in [0.4, 0.5) is 0 Å².